The number of thiocarbonyl (C=S) groups is 1. The van der Waals surface area contributed by atoms with Gasteiger partial charge in [0.25, 0.3) is 5.91 Å². The van der Waals surface area contributed by atoms with Gasteiger partial charge in [0.2, 0.25) is 5.91 Å². The van der Waals surface area contributed by atoms with Crippen LogP contribution in [0.3, 0.4) is 0 Å². The number of carbonyl (C=O) groups is 2. The number of methoxy groups -OCH3 is 2. The fourth-order valence-corrected chi connectivity index (χ4v) is 4.95. The lowest BCUT2D eigenvalue weighted by Crippen LogP contribution is -2.29. The van der Waals surface area contributed by atoms with Crippen molar-refractivity contribution in [1.29, 1.82) is 0 Å². The Labute approximate surface area is 210 Å². The molecular formula is C26H30N2O4S2. The highest BCUT2D eigenvalue weighted by Gasteiger charge is 2.31. The van der Waals surface area contributed by atoms with E-state index < -0.39 is 0 Å². The molecule has 0 saturated carbocycles. The number of hydrogen-bond donors (Lipinski definition) is 0. The maximum Gasteiger partial charge on any atom is 0.266 e. The normalized spacial score (nSPS) is 14.6. The lowest BCUT2D eigenvalue weighted by atomic mass is 10.1. The van der Waals surface area contributed by atoms with Crippen LogP contribution in [0.1, 0.15) is 36.8 Å². The Balaban J connectivity index is 1.45. The van der Waals surface area contributed by atoms with E-state index in [1.807, 2.05) is 61.7 Å². The van der Waals surface area contributed by atoms with Crippen molar-refractivity contribution < 1.29 is 19.1 Å². The van der Waals surface area contributed by atoms with Crippen molar-refractivity contribution >= 4 is 46.2 Å². The second-order valence-corrected chi connectivity index (χ2v) is 9.67. The summed E-state index contributed by atoms with van der Waals surface area (Å²) in [5, 5.41) is 0. The van der Waals surface area contributed by atoms with Crippen LogP contribution in [0, 0.1) is 0 Å². The van der Waals surface area contributed by atoms with Crippen LogP contribution in [-0.4, -0.2) is 53.7 Å². The molecular weight excluding hydrogens is 468 g/mol. The van der Waals surface area contributed by atoms with Gasteiger partial charge in [-0.1, -0.05) is 66.8 Å². The second-order valence-electron chi connectivity index (χ2n) is 7.99. The Hall–Kier alpha value is -2.84. The fourth-order valence-electron chi connectivity index (χ4n) is 3.65. The van der Waals surface area contributed by atoms with Crippen molar-refractivity contribution in [2.24, 2.45) is 0 Å². The Morgan fingerprint density at radius 1 is 1.06 bits per heavy atom. The Kier molecular flexibility index (Phi) is 9.53. The van der Waals surface area contributed by atoms with Crippen molar-refractivity contribution in [1.82, 2.24) is 9.80 Å². The Bertz CT molecular complexity index is 1060. The molecule has 1 fully saturated rings. The molecule has 0 bridgehead atoms. The van der Waals surface area contributed by atoms with Gasteiger partial charge in [-0.05, 0) is 42.2 Å². The van der Waals surface area contributed by atoms with Crippen LogP contribution < -0.4 is 9.47 Å². The van der Waals surface area contributed by atoms with Gasteiger partial charge in [-0.15, -0.1) is 0 Å². The number of ether oxygens (including phenoxy) is 2. The summed E-state index contributed by atoms with van der Waals surface area (Å²) >= 11 is 6.75. The SMILES string of the molecule is COc1ccc(C=C2SC(=S)N(CCCCCC(=O)N(C)Cc3ccccc3)C2=O)cc1OC. The predicted molar refractivity (Wildman–Crippen MR) is 141 cm³/mol. The first-order valence-corrected chi connectivity index (χ1v) is 12.4. The lowest BCUT2D eigenvalue weighted by Gasteiger charge is -2.17. The highest BCUT2D eigenvalue weighted by Crippen LogP contribution is 2.34. The molecule has 6 nitrogen and oxygen atoms in total. The molecule has 0 atom stereocenters. The summed E-state index contributed by atoms with van der Waals surface area (Å²) in [7, 11) is 5.00. The van der Waals surface area contributed by atoms with Gasteiger partial charge in [0.05, 0.1) is 19.1 Å². The van der Waals surface area contributed by atoms with Crippen LogP contribution in [0.25, 0.3) is 6.08 Å². The van der Waals surface area contributed by atoms with E-state index in [0.29, 0.717) is 40.2 Å². The maximum absolute atomic E-state index is 12.9. The standard InChI is InChI=1S/C26H30N2O4S2/c1-27(18-19-10-6-4-7-11-19)24(29)12-8-5-9-15-28-25(30)23(34-26(28)33)17-20-13-14-21(31-2)22(16-20)32-3/h4,6-7,10-11,13-14,16-17H,5,8-9,12,15,18H2,1-3H3. The average molecular weight is 499 g/mol. The summed E-state index contributed by atoms with van der Waals surface area (Å²) in [6.45, 7) is 1.17. The van der Waals surface area contributed by atoms with Crippen LogP contribution in [0.4, 0.5) is 0 Å². The van der Waals surface area contributed by atoms with Gasteiger partial charge in [-0.2, -0.15) is 0 Å². The van der Waals surface area contributed by atoms with E-state index in [0.717, 1.165) is 30.4 Å². The molecule has 2 amide bonds. The third kappa shape index (κ3) is 6.84. The molecule has 0 unspecified atom stereocenters. The molecule has 180 valence electrons. The number of benzene rings is 2. The van der Waals surface area contributed by atoms with Gasteiger partial charge in [0, 0.05) is 26.6 Å². The largest absolute Gasteiger partial charge is 0.493 e. The molecule has 0 spiro atoms. The first kappa shape index (κ1) is 25.8. The number of amides is 2. The predicted octanol–water partition coefficient (Wildman–Crippen LogP) is 5.12. The van der Waals surface area contributed by atoms with E-state index in [4.69, 9.17) is 21.7 Å². The van der Waals surface area contributed by atoms with Crippen molar-refractivity contribution in [2.45, 2.75) is 32.2 Å². The topological polar surface area (TPSA) is 59.1 Å². The Morgan fingerprint density at radius 3 is 2.50 bits per heavy atom. The van der Waals surface area contributed by atoms with Crippen LogP contribution in [0.15, 0.2) is 53.4 Å². The van der Waals surface area contributed by atoms with E-state index in [-0.39, 0.29) is 11.8 Å². The molecule has 2 aromatic rings. The molecule has 34 heavy (non-hydrogen) atoms. The van der Waals surface area contributed by atoms with Gasteiger partial charge >= 0.3 is 0 Å². The van der Waals surface area contributed by atoms with Crippen molar-refractivity contribution in [3.05, 3.63) is 64.6 Å². The quantitative estimate of drug-likeness (QED) is 0.243. The molecule has 2 aromatic carbocycles. The number of hydrogen-bond acceptors (Lipinski definition) is 6. The maximum atomic E-state index is 12.9. The van der Waals surface area contributed by atoms with Crippen LogP contribution in [0.5, 0.6) is 11.5 Å². The Morgan fingerprint density at radius 2 is 1.79 bits per heavy atom. The van der Waals surface area contributed by atoms with Crippen LogP contribution in [-0.2, 0) is 16.1 Å². The molecule has 1 aliphatic heterocycles. The second kappa shape index (κ2) is 12.6. The third-order valence-electron chi connectivity index (χ3n) is 5.54. The van der Waals surface area contributed by atoms with Gasteiger partial charge < -0.3 is 14.4 Å². The molecule has 8 heteroatoms. The minimum atomic E-state index is -0.0801. The molecule has 0 N–H and O–H groups in total. The lowest BCUT2D eigenvalue weighted by molar-refractivity contribution is -0.130. The molecule has 1 aliphatic rings. The number of thioether (sulfide) groups is 1. The van der Waals surface area contributed by atoms with Crippen LogP contribution in [0.2, 0.25) is 0 Å². The molecule has 0 radical (unpaired) electrons. The zero-order chi connectivity index (χ0) is 24.5. The molecule has 3 rings (SSSR count). The molecule has 0 aromatic heterocycles. The van der Waals surface area contributed by atoms with Gasteiger partial charge in [-0.25, -0.2) is 0 Å². The molecule has 1 saturated heterocycles. The number of unbranched alkanes of at least 4 members (excludes halogenated alkanes) is 2. The molecule has 1 heterocycles. The first-order valence-electron chi connectivity index (χ1n) is 11.2. The summed E-state index contributed by atoms with van der Waals surface area (Å²) in [5.74, 6) is 1.29. The minimum Gasteiger partial charge on any atom is -0.493 e. The zero-order valence-corrected chi connectivity index (χ0v) is 21.4. The number of carbonyl (C=O) groups excluding carboxylic acids is 2. The van der Waals surface area contributed by atoms with Gasteiger partial charge in [0.15, 0.2) is 11.5 Å². The monoisotopic (exact) mass is 498 g/mol. The van der Waals surface area contributed by atoms with Crippen molar-refractivity contribution in [3.63, 3.8) is 0 Å². The number of nitrogens with zero attached hydrogens (tertiary/aromatic N) is 2. The van der Waals surface area contributed by atoms with Crippen molar-refractivity contribution in [2.75, 3.05) is 27.8 Å². The number of rotatable bonds is 11. The fraction of sp³-hybridized carbons (Fsp3) is 0.346. The summed E-state index contributed by atoms with van der Waals surface area (Å²) < 4.78 is 11.2. The highest BCUT2D eigenvalue weighted by atomic mass is 32.2. The van der Waals surface area contributed by atoms with E-state index in [1.54, 1.807) is 24.0 Å². The summed E-state index contributed by atoms with van der Waals surface area (Å²) in [6, 6.07) is 15.5. The average Bonchev–Trinajstić information content (AvgIpc) is 3.11. The third-order valence-corrected chi connectivity index (χ3v) is 6.92. The van der Waals surface area contributed by atoms with Gasteiger partial charge in [-0.3, -0.25) is 14.5 Å². The molecule has 0 aliphatic carbocycles. The minimum absolute atomic E-state index is 0.0801. The van der Waals surface area contributed by atoms with E-state index in [2.05, 4.69) is 0 Å². The highest BCUT2D eigenvalue weighted by molar-refractivity contribution is 8.26. The van der Waals surface area contributed by atoms with E-state index >= 15 is 0 Å². The smallest absolute Gasteiger partial charge is 0.266 e. The summed E-state index contributed by atoms with van der Waals surface area (Å²) in [5.41, 5.74) is 1.96. The van der Waals surface area contributed by atoms with Crippen LogP contribution >= 0.6 is 24.0 Å². The first-order chi connectivity index (χ1) is 16.4. The zero-order valence-electron chi connectivity index (χ0n) is 19.8. The van der Waals surface area contributed by atoms with Crippen molar-refractivity contribution in [3.8, 4) is 11.5 Å². The van der Waals surface area contributed by atoms with E-state index in [9.17, 15) is 9.59 Å². The van der Waals surface area contributed by atoms with Gasteiger partial charge in [0.1, 0.15) is 4.32 Å². The van der Waals surface area contributed by atoms with E-state index in [1.165, 1.54) is 11.8 Å². The summed E-state index contributed by atoms with van der Waals surface area (Å²) in [6.07, 6.45) is 4.76. The summed E-state index contributed by atoms with van der Waals surface area (Å²) in [4.78, 5) is 29.3.